The third-order valence-corrected chi connectivity index (χ3v) is 6.91. The molecule has 0 bridgehead atoms. The number of benzene rings is 2. The predicted molar refractivity (Wildman–Crippen MR) is 114 cm³/mol. The molecule has 4 atom stereocenters. The van der Waals surface area contributed by atoms with Gasteiger partial charge in [-0.15, -0.1) is 0 Å². The number of nitrogens with zero attached hydrogens (tertiary/aromatic N) is 2. The number of para-hydroxylation sites is 1. The Morgan fingerprint density at radius 2 is 1.97 bits per heavy atom. The molecule has 4 aromatic rings. The summed E-state index contributed by atoms with van der Waals surface area (Å²) in [5.74, 6) is 0.428. The number of hydrogen-bond acceptors (Lipinski definition) is 4. The van der Waals surface area contributed by atoms with E-state index in [1.54, 1.807) is 18.5 Å². The molecule has 2 saturated carbocycles. The van der Waals surface area contributed by atoms with Gasteiger partial charge in [-0.2, -0.15) is 5.10 Å². The molecule has 1 amide bonds. The summed E-state index contributed by atoms with van der Waals surface area (Å²) in [6, 6.07) is 13.1. The molecule has 7 heteroatoms. The van der Waals surface area contributed by atoms with Crippen molar-refractivity contribution in [1.29, 1.82) is 0 Å². The molecule has 6 rings (SSSR count). The summed E-state index contributed by atoms with van der Waals surface area (Å²) in [6.07, 6.45) is 4.59. The smallest absolute Gasteiger partial charge is 0.252 e. The second kappa shape index (κ2) is 6.27. The zero-order valence-corrected chi connectivity index (χ0v) is 16.7. The van der Waals surface area contributed by atoms with Gasteiger partial charge in [0.2, 0.25) is 0 Å². The molecule has 2 aliphatic carbocycles. The summed E-state index contributed by atoms with van der Waals surface area (Å²) < 4.78 is 0. The molecule has 2 heterocycles. The van der Waals surface area contributed by atoms with E-state index in [1.807, 2.05) is 36.4 Å². The molecule has 6 nitrogen and oxygen atoms in total. The number of aromatic amines is 1. The fourth-order valence-corrected chi connectivity index (χ4v) is 5.44. The van der Waals surface area contributed by atoms with Crippen LogP contribution in [0.15, 0.2) is 54.9 Å². The minimum atomic E-state index is -0.951. The Hall–Kier alpha value is -2.96. The van der Waals surface area contributed by atoms with Gasteiger partial charge in [0.05, 0.1) is 28.4 Å². The van der Waals surface area contributed by atoms with E-state index in [9.17, 15) is 9.90 Å². The molecule has 2 aromatic carbocycles. The van der Waals surface area contributed by atoms with Crippen molar-refractivity contribution in [1.82, 2.24) is 20.5 Å². The number of carbonyl (C=O) groups is 1. The molecule has 2 aliphatic rings. The highest BCUT2D eigenvalue weighted by molar-refractivity contribution is 6.31. The third kappa shape index (κ3) is 2.64. The first kappa shape index (κ1) is 17.9. The minimum Gasteiger partial charge on any atom is -0.385 e. The molecule has 2 aromatic heterocycles. The molecular formula is C23H19ClN4O2. The van der Waals surface area contributed by atoms with Crippen molar-refractivity contribution in [3.8, 4) is 0 Å². The van der Waals surface area contributed by atoms with Crippen LogP contribution in [0.2, 0.25) is 5.02 Å². The number of rotatable bonds is 3. The van der Waals surface area contributed by atoms with Crippen molar-refractivity contribution >= 4 is 39.3 Å². The lowest BCUT2D eigenvalue weighted by Gasteiger charge is -2.27. The zero-order valence-electron chi connectivity index (χ0n) is 16.0. The molecule has 2 fully saturated rings. The number of nitrogens with one attached hydrogen (secondary N) is 2. The van der Waals surface area contributed by atoms with Gasteiger partial charge in [-0.05, 0) is 54.5 Å². The highest BCUT2D eigenvalue weighted by Gasteiger charge is 2.62. The monoisotopic (exact) mass is 418 g/mol. The summed E-state index contributed by atoms with van der Waals surface area (Å²) in [5, 5.41) is 23.9. The molecule has 3 N–H and O–H groups in total. The first-order valence-electron chi connectivity index (χ1n) is 10.0. The van der Waals surface area contributed by atoms with Crippen molar-refractivity contribution < 1.29 is 9.90 Å². The van der Waals surface area contributed by atoms with Crippen molar-refractivity contribution in [3.05, 3.63) is 71.0 Å². The van der Waals surface area contributed by atoms with Crippen molar-refractivity contribution in [2.24, 2.45) is 11.8 Å². The molecule has 30 heavy (non-hydrogen) atoms. The van der Waals surface area contributed by atoms with Crippen LogP contribution in [0.25, 0.3) is 21.8 Å². The number of carbonyl (C=O) groups excluding carboxylic acids is 1. The van der Waals surface area contributed by atoms with Crippen LogP contribution in [0.1, 0.15) is 28.8 Å². The largest absolute Gasteiger partial charge is 0.385 e. The van der Waals surface area contributed by atoms with E-state index in [-0.39, 0.29) is 23.8 Å². The zero-order chi connectivity index (χ0) is 20.5. The molecular weight excluding hydrogens is 400 g/mol. The number of fused-ring (bicyclic) bond motifs is 3. The standard InChI is InChI=1S/C23H19ClN4O2/c24-12-7-18(17-11-26-28-20(17)8-12)23(30)9-15-16(10-23)21(15)27-22(29)14-5-6-25-19-4-2-1-3-13(14)19/h1-8,11,15-16,21,30H,9-10H2,(H,26,28)(H,27,29)/t15-,16+,21?,23?. The minimum absolute atomic E-state index is 0.0866. The van der Waals surface area contributed by atoms with Crippen LogP contribution in [0.3, 0.4) is 0 Å². The van der Waals surface area contributed by atoms with E-state index in [0.29, 0.717) is 23.4 Å². The lowest BCUT2D eigenvalue weighted by Crippen LogP contribution is -2.33. The molecule has 0 radical (unpaired) electrons. The van der Waals surface area contributed by atoms with E-state index >= 15 is 0 Å². The third-order valence-electron chi connectivity index (χ3n) is 6.69. The summed E-state index contributed by atoms with van der Waals surface area (Å²) in [5.41, 5.74) is 2.13. The van der Waals surface area contributed by atoms with Gasteiger partial charge in [0.1, 0.15) is 0 Å². The van der Waals surface area contributed by atoms with Crippen molar-refractivity contribution in [2.45, 2.75) is 24.5 Å². The second-order valence-electron chi connectivity index (χ2n) is 8.43. The van der Waals surface area contributed by atoms with Crippen LogP contribution in [0, 0.1) is 11.8 Å². The summed E-state index contributed by atoms with van der Waals surface area (Å²) in [6.45, 7) is 0. The maximum Gasteiger partial charge on any atom is 0.252 e. The Labute approximate surface area is 177 Å². The number of amides is 1. The molecule has 150 valence electrons. The van der Waals surface area contributed by atoms with E-state index in [1.165, 1.54) is 0 Å². The molecule has 0 aliphatic heterocycles. The highest BCUT2D eigenvalue weighted by atomic mass is 35.5. The molecule has 2 unspecified atom stereocenters. The van der Waals surface area contributed by atoms with E-state index in [0.717, 1.165) is 27.4 Å². The fourth-order valence-electron chi connectivity index (χ4n) is 5.22. The topological polar surface area (TPSA) is 90.9 Å². The number of halogens is 1. The first-order valence-corrected chi connectivity index (χ1v) is 10.4. The van der Waals surface area contributed by atoms with E-state index in [4.69, 9.17) is 11.6 Å². The number of pyridine rings is 1. The number of H-pyrrole nitrogens is 1. The number of aromatic nitrogens is 3. The predicted octanol–water partition coefficient (Wildman–Crippen LogP) is 3.79. The maximum atomic E-state index is 12.9. The Bertz CT molecular complexity index is 1300. The van der Waals surface area contributed by atoms with Gasteiger partial charge in [0.25, 0.3) is 5.91 Å². The molecule has 0 spiro atoms. The van der Waals surface area contributed by atoms with Crippen LogP contribution in [-0.4, -0.2) is 32.2 Å². The quantitative estimate of drug-likeness (QED) is 0.472. The van der Waals surface area contributed by atoms with Gasteiger partial charge in [-0.3, -0.25) is 14.9 Å². The lowest BCUT2D eigenvalue weighted by atomic mass is 9.86. The fraction of sp³-hybridized carbons (Fsp3) is 0.261. The van der Waals surface area contributed by atoms with Gasteiger partial charge in [-0.25, -0.2) is 0 Å². The van der Waals surface area contributed by atoms with Gasteiger partial charge < -0.3 is 10.4 Å². The summed E-state index contributed by atoms with van der Waals surface area (Å²) in [4.78, 5) is 17.2. The van der Waals surface area contributed by atoms with Crippen LogP contribution < -0.4 is 5.32 Å². The van der Waals surface area contributed by atoms with E-state index < -0.39 is 5.60 Å². The van der Waals surface area contributed by atoms with Crippen LogP contribution in [-0.2, 0) is 5.60 Å². The van der Waals surface area contributed by atoms with Gasteiger partial charge in [0.15, 0.2) is 0 Å². The normalized spacial score (nSPS) is 27.3. The average Bonchev–Trinajstić information content (AvgIpc) is 3.11. The maximum absolute atomic E-state index is 12.9. The highest BCUT2D eigenvalue weighted by Crippen LogP contribution is 2.60. The van der Waals surface area contributed by atoms with Crippen LogP contribution >= 0.6 is 11.6 Å². The van der Waals surface area contributed by atoms with Gasteiger partial charge in [0, 0.05) is 28.0 Å². The van der Waals surface area contributed by atoms with Gasteiger partial charge in [-0.1, -0.05) is 29.8 Å². The van der Waals surface area contributed by atoms with Crippen LogP contribution in [0.4, 0.5) is 0 Å². The Morgan fingerprint density at radius 3 is 2.80 bits per heavy atom. The van der Waals surface area contributed by atoms with Crippen molar-refractivity contribution in [3.63, 3.8) is 0 Å². The Morgan fingerprint density at radius 1 is 1.17 bits per heavy atom. The van der Waals surface area contributed by atoms with E-state index in [2.05, 4.69) is 20.5 Å². The number of hydrogen-bond donors (Lipinski definition) is 3. The average molecular weight is 419 g/mol. The van der Waals surface area contributed by atoms with Crippen LogP contribution in [0.5, 0.6) is 0 Å². The number of aliphatic hydroxyl groups is 1. The van der Waals surface area contributed by atoms with Gasteiger partial charge >= 0.3 is 0 Å². The molecule has 0 saturated heterocycles. The Balaban J connectivity index is 1.22. The lowest BCUT2D eigenvalue weighted by molar-refractivity contribution is 0.0293. The SMILES string of the molecule is O=C(NC1[C@H]2CC(O)(c3cc(Cl)cc4[nH]ncc34)C[C@@H]12)c1ccnc2ccccc12. The second-order valence-corrected chi connectivity index (χ2v) is 8.86. The summed E-state index contributed by atoms with van der Waals surface area (Å²) >= 11 is 6.26. The first-order chi connectivity index (χ1) is 14.5. The Kier molecular flexibility index (Phi) is 3.73. The summed E-state index contributed by atoms with van der Waals surface area (Å²) in [7, 11) is 0. The van der Waals surface area contributed by atoms with Crippen molar-refractivity contribution in [2.75, 3.05) is 0 Å².